The lowest BCUT2D eigenvalue weighted by Gasteiger charge is -2.06. The third-order valence-corrected chi connectivity index (χ3v) is 1.99. The summed E-state index contributed by atoms with van der Waals surface area (Å²) in [6, 6.07) is 7.73. The van der Waals surface area contributed by atoms with Crippen molar-refractivity contribution < 1.29 is 9.84 Å². The van der Waals surface area contributed by atoms with Crippen molar-refractivity contribution in [2.24, 2.45) is 0 Å². The number of fused-ring (bicyclic) bond motifs is 1. The summed E-state index contributed by atoms with van der Waals surface area (Å²) in [6.45, 7) is 0.338. The molecule has 0 fully saturated rings. The first kappa shape index (κ1) is 8.97. The molecular weight excluding hydrogens is 178 g/mol. The van der Waals surface area contributed by atoms with E-state index in [9.17, 15) is 0 Å². The molecule has 1 heterocycles. The fourth-order valence-electron chi connectivity index (χ4n) is 1.37. The molecule has 0 spiro atoms. The fourth-order valence-corrected chi connectivity index (χ4v) is 1.37. The van der Waals surface area contributed by atoms with Crippen LogP contribution in [0.3, 0.4) is 0 Å². The second-order valence-electron chi connectivity index (χ2n) is 2.93. The van der Waals surface area contributed by atoms with E-state index in [-0.39, 0.29) is 6.61 Å². The van der Waals surface area contributed by atoms with E-state index in [4.69, 9.17) is 9.84 Å². The molecule has 0 aliphatic heterocycles. The summed E-state index contributed by atoms with van der Waals surface area (Å²) >= 11 is 0. The van der Waals surface area contributed by atoms with Crippen LogP contribution in [-0.2, 0) is 0 Å². The Balaban J connectivity index is 2.43. The van der Waals surface area contributed by atoms with Crippen LogP contribution < -0.4 is 4.74 Å². The van der Waals surface area contributed by atoms with Crippen LogP contribution in [0.4, 0.5) is 0 Å². The lowest BCUT2D eigenvalue weighted by Crippen LogP contribution is -2.01. The van der Waals surface area contributed by atoms with Crippen LogP contribution in [-0.4, -0.2) is 23.3 Å². The van der Waals surface area contributed by atoms with Crippen molar-refractivity contribution in [3.63, 3.8) is 0 Å². The van der Waals surface area contributed by atoms with Gasteiger partial charge < -0.3 is 9.84 Å². The highest BCUT2D eigenvalue weighted by atomic mass is 16.5. The van der Waals surface area contributed by atoms with Gasteiger partial charge in [-0.25, -0.2) is 0 Å². The van der Waals surface area contributed by atoms with Crippen molar-refractivity contribution in [3.05, 3.63) is 36.7 Å². The van der Waals surface area contributed by atoms with E-state index in [2.05, 4.69) is 4.98 Å². The molecule has 3 heteroatoms. The molecule has 0 bridgehead atoms. The Morgan fingerprint density at radius 1 is 1.29 bits per heavy atom. The number of rotatable bonds is 3. The highest BCUT2D eigenvalue weighted by Crippen LogP contribution is 2.23. The van der Waals surface area contributed by atoms with Gasteiger partial charge in [-0.15, -0.1) is 0 Å². The predicted octanol–water partition coefficient (Wildman–Crippen LogP) is 1.61. The van der Waals surface area contributed by atoms with Crippen molar-refractivity contribution in [1.82, 2.24) is 4.98 Å². The molecule has 0 radical (unpaired) electrons. The number of ether oxygens (including phenoxy) is 1. The van der Waals surface area contributed by atoms with Crippen molar-refractivity contribution >= 4 is 10.8 Å². The minimum absolute atomic E-state index is 0.0245. The molecule has 72 valence electrons. The zero-order valence-corrected chi connectivity index (χ0v) is 7.68. The number of pyridine rings is 1. The van der Waals surface area contributed by atoms with E-state index in [1.54, 1.807) is 12.4 Å². The van der Waals surface area contributed by atoms with Crippen molar-refractivity contribution in [3.8, 4) is 5.75 Å². The maximum absolute atomic E-state index is 8.66. The number of nitrogens with zero attached hydrogens (tertiary/aromatic N) is 1. The number of benzene rings is 1. The molecule has 2 aromatic rings. The van der Waals surface area contributed by atoms with Crippen molar-refractivity contribution in [2.75, 3.05) is 13.2 Å². The zero-order chi connectivity index (χ0) is 9.80. The van der Waals surface area contributed by atoms with Gasteiger partial charge in [-0.1, -0.05) is 12.1 Å². The van der Waals surface area contributed by atoms with E-state index in [0.29, 0.717) is 6.61 Å². The average Bonchev–Trinajstić information content (AvgIpc) is 2.26. The first-order chi connectivity index (χ1) is 6.92. The normalized spacial score (nSPS) is 10.4. The van der Waals surface area contributed by atoms with Gasteiger partial charge in [-0.05, 0) is 17.5 Å². The summed E-state index contributed by atoms with van der Waals surface area (Å²) in [4.78, 5) is 4.04. The molecule has 0 unspecified atom stereocenters. The molecule has 1 aromatic heterocycles. The van der Waals surface area contributed by atoms with Crippen molar-refractivity contribution in [1.29, 1.82) is 0 Å². The van der Waals surface area contributed by atoms with Gasteiger partial charge in [0.2, 0.25) is 0 Å². The van der Waals surface area contributed by atoms with Crippen LogP contribution in [0.5, 0.6) is 5.75 Å². The molecule has 0 aliphatic rings. The lowest BCUT2D eigenvalue weighted by molar-refractivity contribution is 0.203. The van der Waals surface area contributed by atoms with E-state index < -0.39 is 0 Å². The molecule has 0 saturated carbocycles. The monoisotopic (exact) mass is 189 g/mol. The lowest BCUT2D eigenvalue weighted by atomic mass is 10.1. The van der Waals surface area contributed by atoms with E-state index in [1.807, 2.05) is 24.3 Å². The second-order valence-corrected chi connectivity index (χ2v) is 2.93. The predicted molar refractivity (Wildman–Crippen MR) is 54.3 cm³/mol. The van der Waals surface area contributed by atoms with Crippen LogP contribution in [0.15, 0.2) is 36.7 Å². The summed E-state index contributed by atoms with van der Waals surface area (Å²) in [5.41, 5.74) is 0. The first-order valence-electron chi connectivity index (χ1n) is 4.48. The highest BCUT2D eigenvalue weighted by Gasteiger charge is 2.00. The second kappa shape index (κ2) is 4.07. The third kappa shape index (κ3) is 1.67. The number of aliphatic hydroxyl groups is 1. The number of hydrogen-bond donors (Lipinski definition) is 1. The molecule has 0 saturated heterocycles. The first-order valence-corrected chi connectivity index (χ1v) is 4.48. The van der Waals surface area contributed by atoms with Crippen LogP contribution in [0.25, 0.3) is 10.8 Å². The van der Waals surface area contributed by atoms with Crippen LogP contribution >= 0.6 is 0 Å². The van der Waals surface area contributed by atoms with Gasteiger partial charge in [-0.2, -0.15) is 0 Å². The molecule has 0 amide bonds. The number of hydrogen-bond acceptors (Lipinski definition) is 3. The Morgan fingerprint density at radius 3 is 3.07 bits per heavy atom. The summed E-state index contributed by atoms with van der Waals surface area (Å²) in [6.07, 6.45) is 3.51. The Bertz CT molecular complexity index is 423. The van der Waals surface area contributed by atoms with E-state index in [1.165, 1.54) is 0 Å². The topological polar surface area (TPSA) is 42.4 Å². The Kier molecular flexibility index (Phi) is 2.60. The third-order valence-electron chi connectivity index (χ3n) is 1.99. The summed E-state index contributed by atoms with van der Waals surface area (Å²) in [7, 11) is 0. The zero-order valence-electron chi connectivity index (χ0n) is 7.68. The van der Waals surface area contributed by atoms with Crippen LogP contribution in [0, 0.1) is 0 Å². The summed E-state index contributed by atoms with van der Waals surface area (Å²) < 4.78 is 5.38. The Hall–Kier alpha value is -1.61. The molecule has 0 atom stereocenters. The van der Waals surface area contributed by atoms with Crippen molar-refractivity contribution in [2.45, 2.75) is 0 Å². The summed E-state index contributed by atoms with van der Waals surface area (Å²) in [5, 5.41) is 10.7. The summed E-state index contributed by atoms with van der Waals surface area (Å²) in [5.74, 6) is 0.768. The molecule has 2 rings (SSSR count). The molecule has 14 heavy (non-hydrogen) atoms. The quantitative estimate of drug-likeness (QED) is 0.797. The fraction of sp³-hybridized carbons (Fsp3) is 0.182. The molecule has 0 aliphatic carbocycles. The average molecular weight is 189 g/mol. The SMILES string of the molecule is OCCOc1cccc2ccncc12. The van der Waals surface area contributed by atoms with Gasteiger partial charge in [0.25, 0.3) is 0 Å². The maximum atomic E-state index is 8.66. The minimum Gasteiger partial charge on any atom is -0.490 e. The van der Waals surface area contributed by atoms with Gasteiger partial charge in [0.15, 0.2) is 0 Å². The maximum Gasteiger partial charge on any atom is 0.128 e. The van der Waals surface area contributed by atoms with Gasteiger partial charge in [-0.3, -0.25) is 4.98 Å². The Labute approximate surface area is 82.0 Å². The van der Waals surface area contributed by atoms with Gasteiger partial charge in [0, 0.05) is 17.8 Å². The number of aliphatic hydroxyl groups excluding tert-OH is 1. The highest BCUT2D eigenvalue weighted by molar-refractivity contribution is 5.87. The molecular formula is C11H11NO2. The van der Waals surface area contributed by atoms with Crippen LogP contribution in [0.1, 0.15) is 0 Å². The molecule has 3 nitrogen and oxygen atoms in total. The van der Waals surface area contributed by atoms with Gasteiger partial charge in [0.1, 0.15) is 12.4 Å². The molecule has 1 aromatic carbocycles. The van der Waals surface area contributed by atoms with Crippen LogP contribution in [0.2, 0.25) is 0 Å². The Morgan fingerprint density at radius 2 is 2.21 bits per heavy atom. The standard InChI is InChI=1S/C11H11NO2/c13-6-7-14-11-3-1-2-9-4-5-12-8-10(9)11/h1-5,8,13H,6-7H2. The van der Waals surface area contributed by atoms with E-state index >= 15 is 0 Å². The van der Waals surface area contributed by atoms with E-state index in [0.717, 1.165) is 16.5 Å². The minimum atomic E-state index is 0.0245. The number of aromatic nitrogens is 1. The molecule has 1 N–H and O–H groups in total. The smallest absolute Gasteiger partial charge is 0.128 e. The largest absolute Gasteiger partial charge is 0.490 e. The van der Waals surface area contributed by atoms with Gasteiger partial charge >= 0.3 is 0 Å². The van der Waals surface area contributed by atoms with Gasteiger partial charge in [0.05, 0.1) is 6.61 Å².